The highest BCUT2D eigenvalue weighted by atomic mass is 19.1. The van der Waals surface area contributed by atoms with Gasteiger partial charge in [0.25, 0.3) is 0 Å². The quantitative estimate of drug-likeness (QED) is 0.902. The molecule has 96 valence electrons. The molecule has 18 heavy (non-hydrogen) atoms. The van der Waals surface area contributed by atoms with Gasteiger partial charge in [-0.1, -0.05) is 6.07 Å². The predicted molar refractivity (Wildman–Crippen MR) is 68.1 cm³/mol. The minimum atomic E-state index is -0.304. The molecule has 0 aliphatic carbocycles. The normalized spacial score (nSPS) is 12.7. The summed E-state index contributed by atoms with van der Waals surface area (Å²) in [4.78, 5) is 4.16. The summed E-state index contributed by atoms with van der Waals surface area (Å²) in [7, 11) is 0. The highest BCUT2D eigenvalue weighted by Gasteiger charge is 2.11. The van der Waals surface area contributed by atoms with Crippen LogP contribution in [0.3, 0.4) is 0 Å². The average Bonchev–Trinajstić information content (AvgIpc) is 2.57. The third-order valence-electron chi connectivity index (χ3n) is 2.67. The Bertz CT molecular complexity index is 560. The van der Waals surface area contributed by atoms with Crippen LogP contribution in [-0.2, 0) is 6.42 Å². The molecule has 1 aromatic carbocycles. The molecule has 2 N–H and O–H groups in total. The molecule has 2 aromatic rings. The molecular formula is C13H17FN4. The van der Waals surface area contributed by atoms with E-state index in [2.05, 4.69) is 10.1 Å². The molecule has 0 spiro atoms. The second-order valence-electron chi connectivity index (χ2n) is 4.59. The second kappa shape index (κ2) is 4.86. The lowest BCUT2D eigenvalue weighted by Crippen LogP contribution is -2.18. The lowest BCUT2D eigenvalue weighted by atomic mass is 10.1. The van der Waals surface area contributed by atoms with Gasteiger partial charge >= 0.3 is 0 Å². The van der Waals surface area contributed by atoms with Crippen molar-refractivity contribution in [1.29, 1.82) is 0 Å². The summed E-state index contributed by atoms with van der Waals surface area (Å²) in [5, 5.41) is 4.17. The molecular weight excluding hydrogens is 231 g/mol. The smallest absolute Gasteiger partial charge is 0.149 e. The molecule has 0 bridgehead atoms. The van der Waals surface area contributed by atoms with E-state index < -0.39 is 0 Å². The van der Waals surface area contributed by atoms with Crippen LogP contribution >= 0.6 is 0 Å². The molecule has 0 radical (unpaired) electrons. The maximum atomic E-state index is 14.0. The second-order valence-corrected chi connectivity index (χ2v) is 4.59. The molecule has 0 saturated heterocycles. The summed E-state index contributed by atoms with van der Waals surface area (Å²) in [6.45, 7) is 5.48. The summed E-state index contributed by atoms with van der Waals surface area (Å²) in [6, 6.07) is 5.12. The van der Waals surface area contributed by atoms with E-state index in [4.69, 9.17) is 5.73 Å². The van der Waals surface area contributed by atoms with Crippen LogP contribution < -0.4 is 5.73 Å². The number of rotatable bonds is 3. The molecule has 0 aliphatic rings. The van der Waals surface area contributed by atoms with Gasteiger partial charge in [0.15, 0.2) is 0 Å². The van der Waals surface area contributed by atoms with Crippen LogP contribution in [0, 0.1) is 19.7 Å². The monoisotopic (exact) mass is 248 g/mol. The van der Waals surface area contributed by atoms with Crippen molar-refractivity contribution >= 4 is 0 Å². The first-order valence-electron chi connectivity index (χ1n) is 5.92. The number of nitrogens with two attached hydrogens (primary N) is 1. The highest BCUT2D eigenvalue weighted by Crippen LogP contribution is 2.16. The van der Waals surface area contributed by atoms with E-state index in [1.54, 1.807) is 19.9 Å². The number of nitrogens with zero attached hydrogens (tertiary/aromatic N) is 3. The van der Waals surface area contributed by atoms with Gasteiger partial charge in [-0.05, 0) is 44.9 Å². The minimum absolute atomic E-state index is 0.0191. The fraction of sp³-hybridized carbons (Fsp3) is 0.385. The van der Waals surface area contributed by atoms with Crippen molar-refractivity contribution in [3.8, 4) is 5.69 Å². The predicted octanol–water partition coefficient (Wildman–Crippen LogP) is 1.91. The summed E-state index contributed by atoms with van der Waals surface area (Å²) in [5.74, 6) is 0.999. The van der Waals surface area contributed by atoms with Gasteiger partial charge in [0.1, 0.15) is 23.2 Å². The van der Waals surface area contributed by atoms with Gasteiger partial charge in [0.05, 0.1) is 0 Å². The van der Waals surface area contributed by atoms with E-state index in [-0.39, 0.29) is 11.9 Å². The van der Waals surface area contributed by atoms with E-state index in [1.807, 2.05) is 13.0 Å². The Kier molecular flexibility index (Phi) is 3.43. The molecule has 1 heterocycles. The Morgan fingerprint density at radius 3 is 2.61 bits per heavy atom. The molecule has 0 aliphatic heterocycles. The molecule has 2 rings (SSSR count). The van der Waals surface area contributed by atoms with Crippen molar-refractivity contribution in [2.45, 2.75) is 33.2 Å². The van der Waals surface area contributed by atoms with Gasteiger partial charge in [-0.2, -0.15) is 5.10 Å². The van der Waals surface area contributed by atoms with E-state index in [0.717, 1.165) is 5.56 Å². The van der Waals surface area contributed by atoms with Gasteiger partial charge in [0, 0.05) is 6.04 Å². The Morgan fingerprint density at radius 1 is 1.39 bits per heavy atom. The average molecular weight is 248 g/mol. The summed E-state index contributed by atoms with van der Waals surface area (Å²) < 4.78 is 15.6. The SMILES string of the molecule is Cc1nc(C)n(-c2ccc(CC(C)N)cc2F)n1. The van der Waals surface area contributed by atoms with Crippen molar-refractivity contribution in [1.82, 2.24) is 14.8 Å². The first-order valence-corrected chi connectivity index (χ1v) is 5.92. The van der Waals surface area contributed by atoms with Crippen molar-refractivity contribution in [2.24, 2.45) is 5.73 Å². The van der Waals surface area contributed by atoms with E-state index in [1.165, 1.54) is 10.7 Å². The molecule has 1 unspecified atom stereocenters. The van der Waals surface area contributed by atoms with Crippen LogP contribution in [0.4, 0.5) is 4.39 Å². The molecule has 1 aromatic heterocycles. The number of aromatic nitrogens is 3. The molecule has 0 fully saturated rings. The molecule has 0 amide bonds. The standard InChI is InChI=1S/C13H17FN4/c1-8(15)6-11-4-5-13(12(14)7-11)18-10(3)16-9(2)17-18/h4-5,7-8H,6,15H2,1-3H3. The third kappa shape index (κ3) is 2.56. The molecule has 4 nitrogen and oxygen atoms in total. The van der Waals surface area contributed by atoms with Crippen molar-refractivity contribution in [3.05, 3.63) is 41.2 Å². The summed E-state index contributed by atoms with van der Waals surface area (Å²) >= 11 is 0. The number of hydrogen-bond acceptors (Lipinski definition) is 3. The Morgan fingerprint density at radius 2 is 2.11 bits per heavy atom. The van der Waals surface area contributed by atoms with Gasteiger partial charge in [-0.25, -0.2) is 14.1 Å². The van der Waals surface area contributed by atoms with Crippen LogP contribution in [0.15, 0.2) is 18.2 Å². The zero-order valence-corrected chi connectivity index (χ0v) is 10.8. The van der Waals surface area contributed by atoms with E-state index >= 15 is 0 Å². The lowest BCUT2D eigenvalue weighted by molar-refractivity contribution is 0.603. The fourth-order valence-electron chi connectivity index (χ4n) is 1.97. The first-order chi connectivity index (χ1) is 8.47. The van der Waals surface area contributed by atoms with Crippen LogP contribution in [-0.4, -0.2) is 20.8 Å². The Balaban J connectivity index is 2.38. The lowest BCUT2D eigenvalue weighted by Gasteiger charge is -2.09. The van der Waals surface area contributed by atoms with Gasteiger partial charge in [0.2, 0.25) is 0 Å². The number of aryl methyl sites for hydroxylation is 2. The van der Waals surface area contributed by atoms with E-state index in [0.29, 0.717) is 23.8 Å². The van der Waals surface area contributed by atoms with Gasteiger partial charge in [-0.15, -0.1) is 0 Å². The van der Waals surface area contributed by atoms with E-state index in [9.17, 15) is 4.39 Å². The zero-order valence-electron chi connectivity index (χ0n) is 10.8. The van der Waals surface area contributed by atoms with Crippen molar-refractivity contribution in [2.75, 3.05) is 0 Å². The largest absolute Gasteiger partial charge is 0.328 e. The number of benzene rings is 1. The molecule has 5 heteroatoms. The van der Waals surface area contributed by atoms with Crippen LogP contribution in [0.5, 0.6) is 0 Å². The van der Waals surface area contributed by atoms with Crippen molar-refractivity contribution in [3.63, 3.8) is 0 Å². The fourth-order valence-corrected chi connectivity index (χ4v) is 1.97. The first kappa shape index (κ1) is 12.7. The summed E-state index contributed by atoms with van der Waals surface area (Å²) in [5.41, 5.74) is 7.01. The summed E-state index contributed by atoms with van der Waals surface area (Å²) in [6.07, 6.45) is 0.659. The maximum absolute atomic E-state index is 14.0. The number of halogens is 1. The highest BCUT2D eigenvalue weighted by molar-refractivity contribution is 5.36. The van der Waals surface area contributed by atoms with Gasteiger partial charge in [-0.3, -0.25) is 0 Å². The topological polar surface area (TPSA) is 56.7 Å². The van der Waals surface area contributed by atoms with Crippen LogP contribution in [0.1, 0.15) is 24.1 Å². The Hall–Kier alpha value is -1.75. The number of hydrogen-bond donors (Lipinski definition) is 1. The Labute approximate surface area is 106 Å². The van der Waals surface area contributed by atoms with Gasteiger partial charge < -0.3 is 5.73 Å². The molecule has 0 saturated carbocycles. The molecule has 1 atom stereocenters. The van der Waals surface area contributed by atoms with Crippen LogP contribution in [0.2, 0.25) is 0 Å². The zero-order chi connectivity index (χ0) is 13.3. The minimum Gasteiger partial charge on any atom is -0.328 e. The van der Waals surface area contributed by atoms with Crippen molar-refractivity contribution < 1.29 is 4.39 Å². The van der Waals surface area contributed by atoms with Crippen LogP contribution in [0.25, 0.3) is 5.69 Å². The third-order valence-corrected chi connectivity index (χ3v) is 2.67. The maximum Gasteiger partial charge on any atom is 0.149 e.